The smallest absolute Gasteiger partial charge is 0.247 e. The average molecular weight is 552 g/mol. The van der Waals surface area contributed by atoms with Crippen molar-refractivity contribution in [2.45, 2.75) is 52.0 Å². The molecule has 1 saturated carbocycles. The van der Waals surface area contributed by atoms with Gasteiger partial charge in [0.2, 0.25) is 11.8 Å². The van der Waals surface area contributed by atoms with Gasteiger partial charge < -0.3 is 16.4 Å². The first-order chi connectivity index (χ1) is 19.8. The first kappa shape index (κ1) is 28.2. The Hall–Kier alpha value is -4.30. The Kier molecular flexibility index (Phi) is 8.59. The van der Waals surface area contributed by atoms with E-state index in [0.717, 1.165) is 58.8 Å². The lowest BCUT2D eigenvalue weighted by Crippen LogP contribution is -2.48. The first-order valence-electron chi connectivity index (χ1n) is 14.3. The molecule has 5 N–H and O–H groups in total. The third kappa shape index (κ3) is 6.72. The Balaban J connectivity index is 1.33. The van der Waals surface area contributed by atoms with E-state index in [2.05, 4.69) is 20.8 Å². The number of ketones is 1. The summed E-state index contributed by atoms with van der Waals surface area (Å²) in [7, 11) is 0. The summed E-state index contributed by atoms with van der Waals surface area (Å²) in [6.45, 7) is 4.21. The highest BCUT2D eigenvalue weighted by atomic mass is 16.2. The van der Waals surface area contributed by atoms with Crippen molar-refractivity contribution in [1.29, 1.82) is 0 Å². The molecule has 8 nitrogen and oxygen atoms in total. The number of benzene rings is 3. The van der Waals surface area contributed by atoms with E-state index in [9.17, 15) is 14.4 Å². The van der Waals surface area contributed by atoms with Gasteiger partial charge in [0.25, 0.3) is 0 Å². The highest BCUT2D eigenvalue weighted by Crippen LogP contribution is 2.29. The van der Waals surface area contributed by atoms with Crippen LogP contribution in [0.15, 0.2) is 66.9 Å². The van der Waals surface area contributed by atoms with Crippen molar-refractivity contribution >= 4 is 34.2 Å². The minimum atomic E-state index is -0.741. The maximum absolute atomic E-state index is 13.5. The van der Waals surface area contributed by atoms with E-state index in [1.807, 2.05) is 67.6 Å². The normalized spacial score (nSPS) is 17.6. The lowest BCUT2D eigenvalue weighted by molar-refractivity contribution is -0.130. The molecule has 1 fully saturated rings. The third-order valence-corrected chi connectivity index (χ3v) is 8.23. The molecule has 1 atom stereocenters. The van der Waals surface area contributed by atoms with Crippen molar-refractivity contribution in [1.82, 2.24) is 15.5 Å². The van der Waals surface area contributed by atoms with Crippen LogP contribution in [-0.4, -0.2) is 40.4 Å². The first-order valence-corrected chi connectivity index (χ1v) is 14.3. The van der Waals surface area contributed by atoms with Crippen molar-refractivity contribution in [2.24, 2.45) is 17.6 Å². The summed E-state index contributed by atoms with van der Waals surface area (Å²) in [5, 5.41) is 14.0. The monoisotopic (exact) mass is 551 g/mol. The van der Waals surface area contributed by atoms with Crippen LogP contribution < -0.4 is 16.4 Å². The molecule has 5 rings (SSSR count). The second kappa shape index (κ2) is 12.5. The van der Waals surface area contributed by atoms with Crippen LogP contribution in [0.3, 0.4) is 0 Å². The summed E-state index contributed by atoms with van der Waals surface area (Å²) in [5.74, 6) is 0.0439. The van der Waals surface area contributed by atoms with E-state index in [1.54, 1.807) is 13.1 Å². The molecule has 1 aliphatic carbocycles. The van der Waals surface area contributed by atoms with Crippen LogP contribution in [-0.2, 0) is 16.0 Å². The van der Waals surface area contributed by atoms with Gasteiger partial charge in [0.15, 0.2) is 5.78 Å². The second-order valence-electron chi connectivity index (χ2n) is 11.2. The van der Waals surface area contributed by atoms with Crippen LogP contribution in [0.25, 0.3) is 22.0 Å². The van der Waals surface area contributed by atoms with Gasteiger partial charge in [0.1, 0.15) is 6.04 Å². The van der Waals surface area contributed by atoms with E-state index in [0.29, 0.717) is 30.1 Å². The molecule has 212 valence electrons. The number of aromatic amines is 1. The molecule has 8 heteroatoms. The molecule has 0 aliphatic heterocycles. The van der Waals surface area contributed by atoms with Crippen LogP contribution >= 0.6 is 0 Å². The number of rotatable bonds is 9. The number of anilines is 1. The van der Waals surface area contributed by atoms with Gasteiger partial charge >= 0.3 is 0 Å². The van der Waals surface area contributed by atoms with Crippen LogP contribution in [0.1, 0.15) is 54.1 Å². The van der Waals surface area contributed by atoms with E-state index >= 15 is 0 Å². The van der Waals surface area contributed by atoms with Crippen molar-refractivity contribution in [3.8, 4) is 11.1 Å². The zero-order valence-electron chi connectivity index (χ0n) is 23.6. The Morgan fingerprint density at radius 1 is 1.00 bits per heavy atom. The van der Waals surface area contributed by atoms with Crippen LogP contribution in [0.5, 0.6) is 0 Å². The predicted octanol–water partition coefficient (Wildman–Crippen LogP) is 5.17. The van der Waals surface area contributed by atoms with Gasteiger partial charge in [-0.05, 0) is 98.5 Å². The number of hydrogen-bond donors (Lipinski definition) is 4. The number of carbonyl (C=O) groups is 3. The Labute approximate surface area is 240 Å². The van der Waals surface area contributed by atoms with E-state index in [1.165, 1.54) is 0 Å². The number of aryl methyl sites for hydroxylation is 1. The summed E-state index contributed by atoms with van der Waals surface area (Å²) >= 11 is 0. The molecular weight excluding hydrogens is 514 g/mol. The number of H-pyrrole nitrogens is 1. The lowest BCUT2D eigenvalue weighted by Gasteiger charge is -2.28. The number of hydrogen-bond acceptors (Lipinski definition) is 5. The number of nitrogens with two attached hydrogens (primary N) is 1. The SMILES string of the molecule is CC(=O)c1ccc(-c2ccc(C[C@H](NC(=O)C3CCC(CN)CC3)C(=O)Nc3ccc4cn[nH]c4c3)cc2)c(C)c1. The van der Waals surface area contributed by atoms with Gasteiger partial charge in [0.05, 0.1) is 11.7 Å². The molecule has 41 heavy (non-hydrogen) atoms. The summed E-state index contributed by atoms with van der Waals surface area (Å²) < 4.78 is 0. The summed E-state index contributed by atoms with van der Waals surface area (Å²) in [4.78, 5) is 38.6. The zero-order valence-corrected chi connectivity index (χ0v) is 23.6. The van der Waals surface area contributed by atoms with E-state index < -0.39 is 6.04 Å². The number of carbonyl (C=O) groups excluding carboxylic acids is 3. The minimum absolute atomic E-state index is 0.0401. The minimum Gasteiger partial charge on any atom is -0.344 e. The highest BCUT2D eigenvalue weighted by molar-refractivity contribution is 5.99. The molecule has 4 aromatic rings. The van der Waals surface area contributed by atoms with Crippen molar-refractivity contribution in [3.05, 3.63) is 83.6 Å². The predicted molar refractivity (Wildman–Crippen MR) is 161 cm³/mol. The number of aromatic nitrogens is 2. The van der Waals surface area contributed by atoms with Crippen LogP contribution in [0, 0.1) is 18.8 Å². The fourth-order valence-corrected chi connectivity index (χ4v) is 5.67. The molecule has 3 aromatic carbocycles. The molecule has 0 spiro atoms. The molecule has 1 aromatic heterocycles. The maximum Gasteiger partial charge on any atom is 0.247 e. The molecule has 1 aliphatic rings. The number of fused-ring (bicyclic) bond motifs is 1. The largest absolute Gasteiger partial charge is 0.344 e. The Morgan fingerprint density at radius 3 is 2.44 bits per heavy atom. The number of nitrogens with one attached hydrogen (secondary N) is 3. The van der Waals surface area contributed by atoms with Gasteiger partial charge in [-0.25, -0.2) is 0 Å². The fraction of sp³-hybridized carbons (Fsp3) is 0.333. The van der Waals surface area contributed by atoms with Crippen molar-refractivity contribution < 1.29 is 14.4 Å². The van der Waals surface area contributed by atoms with Gasteiger partial charge in [-0.15, -0.1) is 0 Å². The lowest BCUT2D eigenvalue weighted by atomic mass is 9.81. The number of nitrogens with zero attached hydrogens (tertiary/aromatic N) is 1. The van der Waals surface area contributed by atoms with Crippen molar-refractivity contribution in [3.63, 3.8) is 0 Å². The van der Waals surface area contributed by atoms with E-state index in [4.69, 9.17) is 5.73 Å². The number of Topliss-reactive ketones (excluding diaryl/α,β-unsaturated/α-hetero) is 1. The van der Waals surface area contributed by atoms with Crippen LogP contribution in [0.2, 0.25) is 0 Å². The quantitative estimate of drug-likeness (QED) is 0.213. The van der Waals surface area contributed by atoms with Gasteiger partial charge in [-0.2, -0.15) is 5.10 Å². The fourth-order valence-electron chi connectivity index (χ4n) is 5.67. The molecule has 0 unspecified atom stereocenters. The van der Waals surface area contributed by atoms with Gasteiger partial charge in [-0.1, -0.05) is 36.4 Å². The summed E-state index contributed by atoms with van der Waals surface area (Å²) in [6, 6.07) is 18.5. The standard InChI is InChI=1S/C33H37N5O3/c1-20-15-26(21(2)39)12-14-29(20)24-7-3-22(4-8-24)16-31(37-32(40)25-9-5-23(18-34)6-10-25)33(41)36-28-13-11-27-19-35-38-30(27)17-28/h3-4,7-8,11-15,17,19,23,25,31H,5-6,9-10,16,18,34H2,1-2H3,(H,35,38)(H,36,41)(H,37,40)/t23?,25?,31-/m0/s1. The third-order valence-electron chi connectivity index (χ3n) is 8.23. The topological polar surface area (TPSA) is 130 Å². The Bertz CT molecular complexity index is 1550. The maximum atomic E-state index is 13.5. The molecular formula is C33H37N5O3. The second-order valence-corrected chi connectivity index (χ2v) is 11.2. The van der Waals surface area contributed by atoms with Crippen LogP contribution in [0.4, 0.5) is 5.69 Å². The molecule has 1 heterocycles. The summed E-state index contributed by atoms with van der Waals surface area (Å²) in [5.41, 5.74) is 12.0. The molecule has 0 radical (unpaired) electrons. The molecule has 0 bridgehead atoms. The van der Waals surface area contributed by atoms with Gasteiger partial charge in [-0.3, -0.25) is 19.5 Å². The van der Waals surface area contributed by atoms with Crippen molar-refractivity contribution in [2.75, 3.05) is 11.9 Å². The Morgan fingerprint density at radius 2 is 1.76 bits per heavy atom. The summed E-state index contributed by atoms with van der Waals surface area (Å²) in [6.07, 6.45) is 5.52. The molecule has 0 saturated heterocycles. The number of amides is 2. The zero-order chi connectivity index (χ0) is 28.9. The van der Waals surface area contributed by atoms with Gasteiger partial charge in [0, 0.05) is 29.0 Å². The average Bonchev–Trinajstić information content (AvgIpc) is 3.45. The highest BCUT2D eigenvalue weighted by Gasteiger charge is 2.29. The molecule has 2 amide bonds. The van der Waals surface area contributed by atoms with E-state index in [-0.39, 0.29) is 23.5 Å².